The van der Waals surface area contributed by atoms with Gasteiger partial charge in [0.2, 0.25) is 0 Å². The van der Waals surface area contributed by atoms with Crippen LogP contribution in [-0.4, -0.2) is 118 Å². The zero-order valence-corrected chi connectivity index (χ0v) is 32.8. The maximum absolute atomic E-state index is 12.9. The van der Waals surface area contributed by atoms with Gasteiger partial charge in [0.05, 0.1) is 47.4 Å². The van der Waals surface area contributed by atoms with E-state index in [0.29, 0.717) is 23.9 Å². The molecule has 2 aromatic rings. The minimum atomic E-state index is -0.699. The molecule has 4 aliphatic carbocycles. The molecule has 0 aromatic heterocycles. The molecule has 0 radical (unpaired) electrons. The van der Waals surface area contributed by atoms with Crippen molar-refractivity contribution in [1.29, 1.82) is 0 Å². The molecule has 8 bridgehead atoms. The lowest BCUT2D eigenvalue weighted by atomic mass is 9.62. The Hall–Kier alpha value is -3.82. The summed E-state index contributed by atoms with van der Waals surface area (Å²) in [5.74, 6) is 0.321. The standard InChI is InChI=1S/2C21H24N2O3.CH4O.2H2O/c2*1-3-20(25)10-11-14-15(19(24)26-2)16-21(8-9-23(17(11)21)18(14)20)12-6-4-5-7-13(12)22-16;1-2;;/h2*4-7,11,14,17-18,22,25H,3,8-10H2,1-2H3;2H,1H3;2*1H2/t2*11-,14+,17-,18-,20-,21-;;;/m11.../s1. The normalized spacial score (nSPS) is 41.1. The molecule has 12 rings (SSSR count). The van der Waals surface area contributed by atoms with Crippen molar-refractivity contribution in [2.75, 3.05) is 45.1 Å². The number of aliphatic hydroxyl groups is 3. The number of hydrogen-bond donors (Lipinski definition) is 5. The number of hydrogen-bond acceptors (Lipinski definition) is 11. The maximum Gasteiger partial charge on any atom is 0.335 e. The second-order valence-corrected chi connectivity index (χ2v) is 17.3. The summed E-state index contributed by atoms with van der Waals surface area (Å²) in [6.45, 7) is 6.10. The number of carbonyl (C=O) groups is 2. The number of carbonyl (C=O) groups excluding carboxylic acids is 2. The maximum atomic E-state index is 12.9. The van der Waals surface area contributed by atoms with Crippen molar-refractivity contribution < 1.29 is 45.3 Å². The van der Waals surface area contributed by atoms with E-state index in [1.807, 2.05) is 12.1 Å². The molecule has 2 aromatic carbocycles. The minimum Gasteiger partial charge on any atom is -0.466 e. The van der Waals surface area contributed by atoms with Gasteiger partial charge in [-0.15, -0.1) is 0 Å². The summed E-state index contributed by atoms with van der Waals surface area (Å²) in [4.78, 5) is 30.9. The number of ether oxygens (including phenoxy) is 2. The van der Waals surface area contributed by atoms with E-state index in [1.165, 1.54) is 25.3 Å². The third kappa shape index (κ3) is 4.19. The van der Waals surface area contributed by atoms with Crippen molar-refractivity contribution in [3.8, 4) is 0 Å². The molecule has 6 aliphatic heterocycles. The molecule has 13 nitrogen and oxygen atoms in total. The average Bonchev–Trinajstić information content (AvgIpc) is 4.07. The molecular weight excluding hydrogens is 716 g/mol. The number of aliphatic hydroxyl groups excluding tert-OH is 1. The molecule has 4 saturated heterocycles. The molecule has 6 fully saturated rings. The Morgan fingerprint density at radius 1 is 0.679 bits per heavy atom. The van der Waals surface area contributed by atoms with Gasteiger partial charge in [0, 0.05) is 79.0 Å². The SMILES string of the molecule is CC[C@@]1(O)C[C@@H]2[C@H]3C(C(=O)OC)=C4Nc5ccccc5[C@]45CCN([C@H]31)[C@H]25.CC[C@@]1(O)C[C@@H]2[C@H]3C(C(=O)OC)=C4Nc5ccccc5[C@]45CCN([C@H]31)[C@H]25.CO.O.O. The third-order valence-electron chi connectivity index (χ3n) is 16.1. The second kappa shape index (κ2) is 12.8. The predicted octanol–water partition coefficient (Wildman–Crippen LogP) is 2.01. The molecule has 12 atom stereocenters. The van der Waals surface area contributed by atoms with Crippen LogP contribution in [0.4, 0.5) is 11.4 Å². The lowest BCUT2D eigenvalue weighted by molar-refractivity contribution is -0.138. The van der Waals surface area contributed by atoms with Gasteiger partial charge in [-0.1, -0.05) is 50.2 Å². The van der Waals surface area contributed by atoms with Crippen LogP contribution in [0.15, 0.2) is 71.1 Å². The monoisotopic (exact) mass is 772 g/mol. The number of rotatable bonds is 4. The van der Waals surface area contributed by atoms with E-state index < -0.39 is 11.2 Å². The highest BCUT2D eigenvalue weighted by atomic mass is 16.5. The fraction of sp³-hybridized carbons (Fsp3) is 0.581. The Bertz CT molecular complexity index is 1910. The number of fused-ring (bicyclic) bond motifs is 4. The number of piperidine rings is 2. The van der Waals surface area contributed by atoms with Crippen molar-refractivity contribution in [1.82, 2.24) is 9.80 Å². The quantitative estimate of drug-likeness (QED) is 0.284. The summed E-state index contributed by atoms with van der Waals surface area (Å²) in [7, 11) is 3.94. The van der Waals surface area contributed by atoms with E-state index in [1.54, 1.807) is 0 Å². The topological polar surface area (TPSA) is 207 Å². The van der Waals surface area contributed by atoms with Gasteiger partial charge in [-0.3, -0.25) is 9.80 Å². The fourth-order valence-electron chi connectivity index (χ4n) is 14.6. The highest BCUT2D eigenvalue weighted by Crippen LogP contribution is 2.72. The number of anilines is 2. The van der Waals surface area contributed by atoms with Crippen molar-refractivity contribution in [2.45, 2.75) is 98.6 Å². The molecule has 2 spiro atoms. The fourth-order valence-corrected chi connectivity index (χ4v) is 14.6. The molecule has 13 heteroatoms. The van der Waals surface area contributed by atoms with E-state index in [-0.39, 0.29) is 57.6 Å². The second-order valence-electron chi connectivity index (χ2n) is 17.3. The van der Waals surface area contributed by atoms with Gasteiger partial charge < -0.3 is 46.4 Å². The van der Waals surface area contributed by atoms with Crippen LogP contribution in [0.1, 0.15) is 63.5 Å². The lowest BCUT2D eigenvalue weighted by Crippen LogP contribution is -2.55. The summed E-state index contributed by atoms with van der Waals surface area (Å²) >= 11 is 0. The van der Waals surface area contributed by atoms with Crippen LogP contribution in [0.25, 0.3) is 0 Å². The molecule has 0 unspecified atom stereocenters. The Morgan fingerprint density at radius 3 is 1.41 bits per heavy atom. The van der Waals surface area contributed by atoms with Gasteiger partial charge in [-0.05, 0) is 73.6 Å². The molecule has 10 aliphatic rings. The zero-order chi connectivity index (χ0) is 37.7. The van der Waals surface area contributed by atoms with Crippen LogP contribution in [0, 0.1) is 23.7 Å². The van der Waals surface area contributed by atoms with E-state index in [2.05, 4.69) is 70.7 Å². The molecule has 0 amide bonds. The van der Waals surface area contributed by atoms with Crippen LogP contribution in [0.3, 0.4) is 0 Å². The predicted molar refractivity (Wildman–Crippen MR) is 208 cm³/mol. The molecule has 2 saturated carbocycles. The van der Waals surface area contributed by atoms with E-state index in [9.17, 15) is 19.8 Å². The largest absolute Gasteiger partial charge is 0.466 e. The molecule has 6 heterocycles. The Kier molecular flexibility index (Phi) is 8.95. The number of para-hydroxylation sites is 2. The van der Waals surface area contributed by atoms with Gasteiger partial charge in [0.15, 0.2) is 0 Å². The van der Waals surface area contributed by atoms with Crippen molar-refractivity contribution >= 4 is 23.3 Å². The lowest BCUT2D eigenvalue weighted by Gasteiger charge is -2.45. The van der Waals surface area contributed by atoms with Crippen LogP contribution in [0.2, 0.25) is 0 Å². The molecule has 56 heavy (non-hydrogen) atoms. The Balaban J connectivity index is 0.000000146. The highest BCUT2D eigenvalue weighted by Gasteiger charge is 2.78. The third-order valence-corrected chi connectivity index (χ3v) is 16.1. The summed E-state index contributed by atoms with van der Waals surface area (Å²) in [6, 6.07) is 17.8. The Labute approximate surface area is 327 Å². The minimum absolute atomic E-state index is 0. The van der Waals surface area contributed by atoms with Gasteiger partial charge in [-0.2, -0.15) is 0 Å². The van der Waals surface area contributed by atoms with Gasteiger partial charge in [0.25, 0.3) is 0 Å². The summed E-state index contributed by atoms with van der Waals surface area (Å²) in [6.07, 6.45) is 5.03. The van der Waals surface area contributed by atoms with Crippen LogP contribution >= 0.6 is 0 Å². The van der Waals surface area contributed by atoms with Crippen molar-refractivity contribution in [3.63, 3.8) is 0 Å². The number of nitrogens with one attached hydrogen (secondary N) is 2. The first-order chi connectivity index (χ1) is 26.1. The van der Waals surface area contributed by atoms with Crippen LogP contribution in [-0.2, 0) is 29.9 Å². The number of benzene rings is 2. The molecule has 9 N–H and O–H groups in total. The van der Waals surface area contributed by atoms with Gasteiger partial charge in [0.1, 0.15) is 0 Å². The molecular formula is C43H56N4O9. The van der Waals surface area contributed by atoms with Crippen molar-refractivity contribution in [3.05, 3.63) is 82.2 Å². The van der Waals surface area contributed by atoms with Gasteiger partial charge >= 0.3 is 11.9 Å². The van der Waals surface area contributed by atoms with E-state index in [4.69, 9.17) is 14.6 Å². The summed E-state index contributed by atoms with van der Waals surface area (Å²) < 4.78 is 10.5. The zero-order valence-electron chi connectivity index (χ0n) is 32.8. The first-order valence-corrected chi connectivity index (χ1v) is 19.9. The first kappa shape index (κ1) is 39.0. The van der Waals surface area contributed by atoms with Crippen molar-refractivity contribution in [2.24, 2.45) is 23.7 Å². The van der Waals surface area contributed by atoms with E-state index >= 15 is 0 Å². The van der Waals surface area contributed by atoms with E-state index in [0.717, 1.165) is 92.6 Å². The number of methoxy groups -OCH3 is 2. The highest BCUT2D eigenvalue weighted by molar-refractivity contribution is 5.95. The Morgan fingerprint density at radius 2 is 1.05 bits per heavy atom. The van der Waals surface area contributed by atoms with Gasteiger partial charge in [-0.25, -0.2) is 9.59 Å². The first-order valence-electron chi connectivity index (χ1n) is 19.9. The number of esters is 2. The van der Waals surface area contributed by atoms with Crippen LogP contribution in [0.5, 0.6) is 0 Å². The number of nitrogens with zero attached hydrogens (tertiary/aromatic N) is 2. The smallest absolute Gasteiger partial charge is 0.335 e. The summed E-state index contributed by atoms with van der Waals surface area (Å²) in [5.41, 5.74) is 6.89. The average molecular weight is 773 g/mol. The van der Waals surface area contributed by atoms with Crippen LogP contribution < -0.4 is 10.6 Å². The summed E-state index contributed by atoms with van der Waals surface area (Å²) in [5, 5.41) is 36.9. The molecule has 302 valence electrons.